The van der Waals surface area contributed by atoms with E-state index >= 15 is 0 Å². The molecule has 1 unspecified atom stereocenters. The molecule has 1 aliphatic carbocycles. The van der Waals surface area contributed by atoms with Gasteiger partial charge in [0.1, 0.15) is 0 Å². The van der Waals surface area contributed by atoms with Crippen LogP contribution in [0.25, 0.3) is 0 Å². The number of carbonyl (C=O) groups is 1. The molecule has 1 amide bonds. The van der Waals surface area contributed by atoms with Gasteiger partial charge in [-0.25, -0.2) is 0 Å². The average molecular weight is 211 g/mol. The zero-order valence-corrected chi connectivity index (χ0v) is 9.34. The number of hydrogen-bond acceptors (Lipinski definition) is 2. The molecule has 1 saturated heterocycles. The summed E-state index contributed by atoms with van der Waals surface area (Å²) in [5, 5.41) is 3.03. The van der Waals surface area contributed by atoms with E-state index in [1.807, 2.05) is 0 Å². The van der Waals surface area contributed by atoms with Gasteiger partial charge < -0.3 is 10.1 Å². The Morgan fingerprint density at radius 2 is 1.93 bits per heavy atom. The molecular formula is C12H21NO2. The van der Waals surface area contributed by atoms with Crippen LogP contribution in [0.15, 0.2) is 0 Å². The molecule has 0 radical (unpaired) electrons. The number of ether oxygens (including phenoxy) is 1. The van der Waals surface area contributed by atoms with Gasteiger partial charge in [0.25, 0.3) is 0 Å². The molecule has 3 nitrogen and oxygen atoms in total. The van der Waals surface area contributed by atoms with Crippen LogP contribution >= 0.6 is 0 Å². The third-order valence-electron chi connectivity index (χ3n) is 3.50. The largest absolute Gasteiger partial charge is 0.376 e. The first-order chi connectivity index (χ1) is 7.36. The Labute approximate surface area is 91.6 Å². The minimum atomic E-state index is 0.255. The summed E-state index contributed by atoms with van der Waals surface area (Å²) in [5.74, 6) is 0.533. The van der Waals surface area contributed by atoms with Crippen molar-refractivity contribution in [1.29, 1.82) is 0 Å². The molecule has 1 atom stereocenters. The smallest absolute Gasteiger partial charge is 0.223 e. The molecule has 0 aromatic carbocycles. The topological polar surface area (TPSA) is 38.3 Å². The van der Waals surface area contributed by atoms with Gasteiger partial charge in [-0.1, -0.05) is 19.3 Å². The van der Waals surface area contributed by atoms with Crippen molar-refractivity contribution in [3.05, 3.63) is 0 Å². The van der Waals surface area contributed by atoms with E-state index in [9.17, 15) is 4.79 Å². The SMILES string of the molecule is O=C(NCC1CCCO1)C1CCCCC1. The summed E-state index contributed by atoms with van der Waals surface area (Å²) in [5.41, 5.74) is 0. The maximum Gasteiger partial charge on any atom is 0.223 e. The molecule has 2 rings (SSSR count). The van der Waals surface area contributed by atoms with E-state index in [4.69, 9.17) is 4.74 Å². The molecule has 0 aromatic rings. The van der Waals surface area contributed by atoms with E-state index in [0.29, 0.717) is 0 Å². The highest BCUT2D eigenvalue weighted by atomic mass is 16.5. The monoisotopic (exact) mass is 211 g/mol. The minimum Gasteiger partial charge on any atom is -0.376 e. The number of amides is 1. The van der Waals surface area contributed by atoms with Crippen LogP contribution in [0.1, 0.15) is 44.9 Å². The standard InChI is InChI=1S/C12H21NO2/c14-12(10-5-2-1-3-6-10)13-9-11-7-4-8-15-11/h10-11H,1-9H2,(H,13,14). The third-order valence-corrected chi connectivity index (χ3v) is 3.50. The molecule has 15 heavy (non-hydrogen) atoms. The highest BCUT2D eigenvalue weighted by molar-refractivity contribution is 5.78. The first-order valence-corrected chi connectivity index (χ1v) is 6.25. The molecule has 1 saturated carbocycles. The van der Waals surface area contributed by atoms with E-state index in [1.165, 1.54) is 19.3 Å². The molecular weight excluding hydrogens is 190 g/mol. The summed E-state index contributed by atoms with van der Waals surface area (Å²) in [6.07, 6.45) is 8.42. The third kappa shape index (κ3) is 3.20. The fourth-order valence-electron chi connectivity index (χ4n) is 2.53. The lowest BCUT2D eigenvalue weighted by Crippen LogP contribution is -2.36. The maximum absolute atomic E-state index is 11.8. The van der Waals surface area contributed by atoms with Gasteiger partial charge in [0.2, 0.25) is 5.91 Å². The first kappa shape index (κ1) is 10.9. The molecule has 1 N–H and O–H groups in total. The second-order valence-corrected chi connectivity index (χ2v) is 4.72. The molecule has 2 fully saturated rings. The molecule has 0 bridgehead atoms. The van der Waals surface area contributed by atoms with Crippen LogP contribution < -0.4 is 5.32 Å². The van der Waals surface area contributed by atoms with Crippen molar-refractivity contribution in [3.63, 3.8) is 0 Å². The predicted octanol–water partition coefficient (Wildman–Crippen LogP) is 1.86. The van der Waals surface area contributed by atoms with Crippen LogP contribution in [-0.2, 0) is 9.53 Å². The van der Waals surface area contributed by atoms with Crippen LogP contribution in [0.4, 0.5) is 0 Å². The van der Waals surface area contributed by atoms with Gasteiger partial charge in [0.05, 0.1) is 6.10 Å². The molecule has 1 aliphatic heterocycles. The van der Waals surface area contributed by atoms with Crippen molar-refractivity contribution in [2.45, 2.75) is 51.0 Å². The highest BCUT2D eigenvalue weighted by Gasteiger charge is 2.22. The zero-order chi connectivity index (χ0) is 10.5. The van der Waals surface area contributed by atoms with Gasteiger partial charge in [-0.15, -0.1) is 0 Å². The van der Waals surface area contributed by atoms with E-state index < -0.39 is 0 Å². The fraction of sp³-hybridized carbons (Fsp3) is 0.917. The van der Waals surface area contributed by atoms with E-state index in [-0.39, 0.29) is 17.9 Å². The molecule has 3 heteroatoms. The maximum atomic E-state index is 11.8. The van der Waals surface area contributed by atoms with Crippen molar-refractivity contribution in [1.82, 2.24) is 5.32 Å². The number of nitrogens with one attached hydrogen (secondary N) is 1. The van der Waals surface area contributed by atoms with Crippen LogP contribution in [0.3, 0.4) is 0 Å². The zero-order valence-electron chi connectivity index (χ0n) is 9.34. The molecule has 86 valence electrons. The van der Waals surface area contributed by atoms with Crippen molar-refractivity contribution in [2.24, 2.45) is 5.92 Å². The Morgan fingerprint density at radius 3 is 2.60 bits per heavy atom. The molecule has 0 spiro atoms. The fourth-order valence-corrected chi connectivity index (χ4v) is 2.53. The van der Waals surface area contributed by atoms with Crippen molar-refractivity contribution < 1.29 is 9.53 Å². The second kappa shape index (κ2) is 5.50. The minimum absolute atomic E-state index is 0.255. The molecule has 1 heterocycles. The summed E-state index contributed by atoms with van der Waals surface area (Å²) in [4.78, 5) is 11.8. The van der Waals surface area contributed by atoms with E-state index in [1.54, 1.807) is 0 Å². The lowest BCUT2D eigenvalue weighted by molar-refractivity contribution is -0.126. The Kier molecular flexibility index (Phi) is 4.01. The van der Waals surface area contributed by atoms with Crippen LogP contribution in [0.5, 0.6) is 0 Å². The number of carbonyl (C=O) groups excluding carboxylic acids is 1. The number of hydrogen-bond donors (Lipinski definition) is 1. The van der Waals surface area contributed by atoms with Gasteiger partial charge in [-0.3, -0.25) is 4.79 Å². The quantitative estimate of drug-likeness (QED) is 0.774. The van der Waals surface area contributed by atoms with E-state index in [0.717, 1.165) is 38.8 Å². The van der Waals surface area contributed by atoms with Gasteiger partial charge >= 0.3 is 0 Å². The van der Waals surface area contributed by atoms with Gasteiger partial charge in [0, 0.05) is 19.1 Å². The summed E-state index contributed by atoms with van der Waals surface area (Å²) >= 11 is 0. The second-order valence-electron chi connectivity index (χ2n) is 4.72. The first-order valence-electron chi connectivity index (χ1n) is 6.25. The van der Waals surface area contributed by atoms with Crippen molar-refractivity contribution in [3.8, 4) is 0 Å². The van der Waals surface area contributed by atoms with Crippen molar-refractivity contribution >= 4 is 5.91 Å². The Hall–Kier alpha value is -0.570. The summed E-state index contributed by atoms with van der Waals surface area (Å²) in [6.45, 7) is 1.58. The lowest BCUT2D eigenvalue weighted by atomic mass is 9.88. The van der Waals surface area contributed by atoms with Crippen LogP contribution in [0, 0.1) is 5.92 Å². The lowest BCUT2D eigenvalue weighted by Gasteiger charge is -2.21. The van der Waals surface area contributed by atoms with Crippen molar-refractivity contribution in [2.75, 3.05) is 13.2 Å². The van der Waals surface area contributed by atoms with Gasteiger partial charge in [-0.05, 0) is 25.7 Å². The Morgan fingerprint density at radius 1 is 1.13 bits per heavy atom. The van der Waals surface area contributed by atoms with E-state index in [2.05, 4.69) is 5.32 Å². The van der Waals surface area contributed by atoms with Gasteiger partial charge in [0.15, 0.2) is 0 Å². The Balaban J connectivity index is 1.66. The summed E-state index contributed by atoms with van der Waals surface area (Å²) < 4.78 is 5.48. The highest BCUT2D eigenvalue weighted by Crippen LogP contribution is 2.23. The van der Waals surface area contributed by atoms with Crippen LogP contribution in [-0.4, -0.2) is 25.2 Å². The van der Waals surface area contributed by atoms with Crippen LogP contribution in [0.2, 0.25) is 0 Å². The summed E-state index contributed by atoms with van der Waals surface area (Å²) in [6, 6.07) is 0. The average Bonchev–Trinajstić information content (AvgIpc) is 2.80. The van der Waals surface area contributed by atoms with Gasteiger partial charge in [-0.2, -0.15) is 0 Å². The predicted molar refractivity (Wildman–Crippen MR) is 58.6 cm³/mol. The number of rotatable bonds is 3. The Bertz CT molecular complexity index is 206. The normalized spacial score (nSPS) is 27.9. The molecule has 2 aliphatic rings. The summed E-state index contributed by atoms with van der Waals surface area (Å²) in [7, 11) is 0. The molecule has 0 aromatic heterocycles.